The molecule has 0 saturated carbocycles. The number of fused-ring (bicyclic) bond motifs is 1. The predicted molar refractivity (Wildman–Crippen MR) is 69.9 cm³/mol. The summed E-state index contributed by atoms with van der Waals surface area (Å²) in [5.74, 6) is -0.608. The molecule has 0 spiro atoms. The fraction of sp³-hybridized carbons (Fsp3) is 0.333. The highest BCUT2D eigenvalue weighted by Gasteiger charge is 2.18. The van der Waals surface area contributed by atoms with Crippen LogP contribution < -0.4 is 0 Å². The number of hydrogen-bond donors (Lipinski definition) is 2. The standard InChI is InChI=1S/C12H14N2O3S/c1-2-17-10(11(15)16)7-18-12-13-8-5-3-4-6-9(8)14-12/h3-6,10H,2,7H2,1H3,(H,13,14)(H,15,16). The van der Waals surface area contributed by atoms with Gasteiger partial charge in [-0.25, -0.2) is 9.78 Å². The first-order valence-corrected chi connectivity index (χ1v) is 6.61. The molecule has 1 aromatic heterocycles. The molecule has 1 aromatic carbocycles. The number of nitrogens with one attached hydrogen (secondary N) is 1. The number of para-hydroxylation sites is 2. The fourth-order valence-electron chi connectivity index (χ4n) is 1.54. The van der Waals surface area contributed by atoms with Gasteiger partial charge in [0.2, 0.25) is 0 Å². The van der Waals surface area contributed by atoms with Crippen LogP contribution in [0.25, 0.3) is 11.0 Å². The molecule has 2 aromatic rings. The third-order valence-electron chi connectivity index (χ3n) is 2.38. The molecule has 6 heteroatoms. The normalized spacial score (nSPS) is 12.7. The number of hydrogen-bond acceptors (Lipinski definition) is 4. The van der Waals surface area contributed by atoms with Gasteiger partial charge in [-0.05, 0) is 19.1 Å². The Morgan fingerprint density at radius 1 is 1.56 bits per heavy atom. The molecule has 0 saturated heterocycles. The van der Waals surface area contributed by atoms with Crippen LogP contribution in [0, 0.1) is 0 Å². The monoisotopic (exact) mass is 266 g/mol. The van der Waals surface area contributed by atoms with Crippen LogP contribution in [-0.2, 0) is 9.53 Å². The van der Waals surface area contributed by atoms with E-state index in [2.05, 4.69) is 9.97 Å². The molecule has 1 atom stereocenters. The average Bonchev–Trinajstić information content (AvgIpc) is 2.76. The molecular formula is C12H14N2O3S. The molecule has 0 radical (unpaired) electrons. The van der Waals surface area contributed by atoms with Crippen molar-refractivity contribution in [2.75, 3.05) is 12.4 Å². The number of thioether (sulfide) groups is 1. The molecule has 0 aliphatic carbocycles. The van der Waals surface area contributed by atoms with Crippen LogP contribution in [0.3, 0.4) is 0 Å². The number of H-pyrrole nitrogens is 1. The van der Waals surface area contributed by atoms with E-state index in [0.29, 0.717) is 17.5 Å². The molecule has 96 valence electrons. The average molecular weight is 266 g/mol. The Bertz CT molecular complexity index is 508. The lowest BCUT2D eigenvalue weighted by Crippen LogP contribution is -2.26. The van der Waals surface area contributed by atoms with Gasteiger partial charge in [-0.2, -0.15) is 0 Å². The van der Waals surface area contributed by atoms with Crippen LogP contribution in [0.5, 0.6) is 0 Å². The van der Waals surface area contributed by atoms with Gasteiger partial charge >= 0.3 is 5.97 Å². The Kier molecular flexibility index (Phi) is 4.22. The number of aromatic nitrogens is 2. The summed E-state index contributed by atoms with van der Waals surface area (Å²) in [7, 11) is 0. The Morgan fingerprint density at radius 2 is 2.33 bits per heavy atom. The number of rotatable bonds is 6. The minimum absolute atomic E-state index is 0.336. The predicted octanol–water partition coefficient (Wildman–Crippen LogP) is 2.14. The quantitative estimate of drug-likeness (QED) is 0.783. The molecule has 18 heavy (non-hydrogen) atoms. The maximum absolute atomic E-state index is 10.9. The van der Waals surface area contributed by atoms with Crippen molar-refractivity contribution in [1.82, 2.24) is 9.97 Å². The third-order valence-corrected chi connectivity index (χ3v) is 3.32. The Labute approximate surface area is 109 Å². The summed E-state index contributed by atoms with van der Waals surface area (Å²) in [4.78, 5) is 18.4. The second-order valence-electron chi connectivity index (χ2n) is 3.65. The zero-order valence-electron chi connectivity index (χ0n) is 9.92. The SMILES string of the molecule is CCOC(CSc1nc2ccccc2[nH]1)C(=O)O. The van der Waals surface area contributed by atoms with Gasteiger partial charge in [0.05, 0.1) is 11.0 Å². The van der Waals surface area contributed by atoms with Crippen LogP contribution in [0.2, 0.25) is 0 Å². The molecule has 0 fully saturated rings. The summed E-state index contributed by atoms with van der Waals surface area (Å²) in [5, 5.41) is 9.66. The van der Waals surface area contributed by atoms with E-state index in [4.69, 9.17) is 9.84 Å². The number of carboxylic acids is 1. The van der Waals surface area contributed by atoms with Crippen molar-refractivity contribution in [1.29, 1.82) is 0 Å². The van der Waals surface area contributed by atoms with Gasteiger partial charge in [0.1, 0.15) is 0 Å². The highest BCUT2D eigenvalue weighted by molar-refractivity contribution is 7.99. The van der Waals surface area contributed by atoms with Crippen molar-refractivity contribution in [2.45, 2.75) is 18.2 Å². The van der Waals surface area contributed by atoms with Gasteiger partial charge < -0.3 is 14.8 Å². The van der Waals surface area contributed by atoms with E-state index in [1.807, 2.05) is 24.3 Å². The van der Waals surface area contributed by atoms with Gasteiger partial charge in [0, 0.05) is 12.4 Å². The number of carboxylic acid groups (broad SMARTS) is 1. The number of ether oxygens (including phenoxy) is 1. The molecule has 2 N–H and O–H groups in total. The largest absolute Gasteiger partial charge is 0.479 e. The van der Waals surface area contributed by atoms with E-state index < -0.39 is 12.1 Å². The summed E-state index contributed by atoms with van der Waals surface area (Å²) >= 11 is 1.35. The van der Waals surface area contributed by atoms with Crippen molar-refractivity contribution in [2.24, 2.45) is 0 Å². The summed E-state index contributed by atoms with van der Waals surface area (Å²) < 4.78 is 5.14. The second kappa shape index (κ2) is 5.88. The van der Waals surface area contributed by atoms with Gasteiger partial charge in [-0.3, -0.25) is 0 Å². The van der Waals surface area contributed by atoms with E-state index in [1.165, 1.54) is 11.8 Å². The number of nitrogens with zero attached hydrogens (tertiary/aromatic N) is 1. The molecule has 0 bridgehead atoms. The van der Waals surface area contributed by atoms with Gasteiger partial charge in [0.25, 0.3) is 0 Å². The van der Waals surface area contributed by atoms with E-state index in [9.17, 15) is 4.79 Å². The van der Waals surface area contributed by atoms with Crippen LogP contribution in [0.4, 0.5) is 0 Å². The summed E-state index contributed by atoms with van der Waals surface area (Å²) in [6.45, 7) is 2.17. The van der Waals surface area contributed by atoms with Gasteiger partial charge in [0.15, 0.2) is 11.3 Å². The molecular weight excluding hydrogens is 252 g/mol. The molecule has 2 rings (SSSR count). The smallest absolute Gasteiger partial charge is 0.333 e. The zero-order valence-corrected chi connectivity index (χ0v) is 10.7. The van der Waals surface area contributed by atoms with E-state index in [-0.39, 0.29) is 0 Å². The van der Waals surface area contributed by atoms with Crippen molar-refractivity contribution in [3.8, 4) is 0 Å². The maximum atomic E-state index is 10.9. The van der Waals surface area contributed by atoms with Crippen LogP contribution >= 0.6 is 11.8 Å². The first-order valence-electron chi connectivity index (χ1n) is 5.62. The number of benzene rings is 1. The lowest BCUT2D eigenvalue weighted by atomic mass is 10.3. The number of carbonyl (C=O) groups is 1. The minimum atomic E-state index is -0.944. The first-order chi connectivity index (χ1) is 8.70. The third kappa shape index (κ3) is 3.02. The molecule has 5 nitrogen and oxygen atoms in total. The van der Waals surface area contributed by atoms with E-state index in [1.54, 1.807) is 6.92 Å². The summed E-state index contributed by atoms with van der Waals surface area (Å²) in [6, 6.07) is 7.68. The van der Waals surface area contributed by atoms with Crippen LogP contribution in [0.1, 0.15) is 6.92 Å². The van der Waals surface area contributed by atoms with Crippen LogP contribution in [-0.4, -0.2) is 39.5 Å². The van der Waals surface area contributed by atoms with Gasteiger partial charge in [-0.1, -0.05) is 23.9 Å². The Hall–Kier alpha value is -1.53. The second-order valence-corrected chi connectivity index (χ2v) is 4.66. The lowest BCUT2D eigenvalue weighted by Gasteiger charge is -2.10. The van der Waals surface area contributed by atoms with E-state index in [0.717, 1.165) is 11.0 Å². The molecule has 1 heterocycles. The Balaban J connectivity index is 2.02. The van der Waals surface area contributed by atoms with Crippen molar-refractivity contribution in [3.05, 3.63) is 24.3 Å². The number of aromatic amines is 1. The minimum Gasteiger partial charge on any atom is -0.479 e. The lowest BCUT2D eigenvalue weighted by molar-refractivity contribution is -0.148. The van der Waals surface area contributed by atoms with Gasteiger partial charge in [-0.15, -0.1) is 0 Å². The van der Waals surface area contributed by atoms with Crippen molar-refractivity contribution in [3.63, 3.8) is 0 Å². The molecule has 0 aliphatic heterocycles. The Morgan fingerprint density at radius 3 is 3.00 bits per heavy atom. The van der Waals surface area contributed by atoms with Crippen molar-refractivity contribution >= 4 is 28.8 Å². The van der Waals surface area contributed by atoms with Crippen molar-refractivity contribution < 1.29 is 14.6 Å². The number of aliphatic carboxylic acids is 1. The topological polar surface area (TPSA) is 75.2 Å². The highest BCUT2D eigenvalue weighted by atomic mass is 32.2. The highest BCUT2D eigenvalue weighted by Crippen LogP contribution is 2.20. The maximum Gasteiger partial charge on any atom is 0.333 e. The fourth-order valence-corrected chi connectivity index (χ4v) is 2.44. The van der Waals surface area contributed by atoms with Crippen LogP contribution in [0.15, 0.2) is 29.4 Å². The summed E-state index contributed by atoms with van der Waals surface area (Å²) in [5.41, 5.74) is 1.83. The first kappa shape index (κ1) is 12.9. The summed E-state index contributed by atoms with van der Waals surface area (Å²) in [6.07, 6.45) is -0.798. The number of imidazole rings is 1. The molecule has 1 unspecified atom stereocenters. The molecule has 0 amide bonds. The molecule has 0 aliphatic rings. The zero-order chi connectivity index (χ0) is 13.0. The van der Waals surface area contributed by atoms with E-state index >= 15 is 0 Å².